The molecule has 0 bridgehead atoms. The van der Waals surface area contributed by atoms with E-state index >= 15 is 0 Å². The Morgan fingerprint density at radius 2 is 2.39 bits per heavy atom. The van der Waals surface area contributed by atoms with Gasteiger partial charge >= 0.3 is 0 Å². The molecule has 100 valence electrons. The van der Waals surface area contributed by atoms with Gasteiger partial charge in [0.2, 0.25) is 0 Å². The SMILES string of the molecule is CNCc1cn(C2CCOC3(CCC3)C2)nc1C. The lowest BCUT2D eigenvalue weighted by atomic mass is 9.74. The van der Waals surface area contributed by atoms with Crippen LogP contribution in [0, 0.1) is 6.92 Å². The minimum Gasteiger partial charge on any atom is -0.375 e. The minimum atomic E-state index is 0.200. The van der Waals surface area contributed by atoms with Crippen LogP contribution in [0.2, 0.25) is 0 Å². The Morgan fingerprint density at radius 3 is 3.06 bits per heavy atom. The molecule has 1 aliphatic heterocycles. The van der Waals surface area contributed by atoms with Crippen molar-refractivity contribution in [3.8, 4) is 0 Å². The third-order valence-corrected chi connectivity index (χ3v) is 4.49. The lowest BCUT2D eigenvalue weighted by Gasteiger charge is -2.47. The smallest absolute Gasteiger partial charge is 0.0703 e. The normalized spacial score (nSPS) is 26.2. The molecule has 2 heterocycles. The molecule has 2 aliphatic rings. The maximum atomic E-state index is 5.98. The molecule has 0 radical (unpaired) electrons. The van der Waals surface area contributed by atoms with E-state index in [0.29, 0.717) is 6.04 Å². The Bertz CT molecular complexity index is 423. The molecule has 3 rings (SSSR count). The summed E-state index contributed by atoms with van der Waals surface area (Å²) in [5.41, 5.74) is 2.66. The van der Waals surface area contributed by atoms with Crippen LogP contribution < -0.4 is 5.32 Å². The van der Waals surface area contributed by atoms with Crippen LogP contribution in [0.5, 0.6) is 0 Å². The zero-order valence-electron chi connectivity index (χ0n) is 11.4. The Kier molecular flexibility index (Phi) is 3.16. The molecule has 1 saturated carbocycles. The third-order valence-electron chi connectivity index (χ3n) is 4.49. The van der Waals surface area contributed by atoms with Crippen molar-refractivity contribution in [3.63, 3.8) is 0 Å². The van der Waals surface area contributed by atoms with Crippen LogP contribution in [0.25, 0.3) is 0 Å². The first-order valence-corrected chi connectivity index (χ1v) is 7.06. The molecule has 1 aromatic heterocycles. The van der Waals surface area contributed by atoms with Crippen LogP contribution in [-0.4, -0.2) is 29.0 Å². The molecule has 1 N–H and O–H groups in total. The molecule has 1 atom stereocenters. The van der Waals surface area contributed by atoms with E-state index in [2.05, 4.69) is 23.1 Å². The van der Waals surface area contributed by atoms with Gasteiger partial charge < -0.3 is 10.1 Å². The predicted octanol–water partition coefficient (Wildman–Crippen LogP) is 2.19. The van der Waals surface area contributed by atoms with Crippen molar-refractivity contribution in [3.05, 3.63) is 17.5 Å². The maximum Gasteiger partial charge on any atom is 0.0703 e. The predicted molar refractivity (Wildman–Crippen MR) is 70.5 cm³/mol. The number of hydrogen-bond donors (Lipinski definition) is 1. The Morgan fingerprint density at radius 1 is 1.56 bits per heavy atom. The molecule has 2 fully saturated rings. The number of aryl methyl sites for hydroxylation is 1. The van der Waals surface area contributed by atoms with Gasteiger partial charge in [0, 0.05) is 24.9 Å². The van der Waals surface area contributed by atoms with Crippen LogP contribution in [-0.2, 0) is 11.3 Å². The molecule has 1 saturated heterocycles. The maximum absolute atomic E-state index is 5.98. The Hall–Kier alpha value is -0.870. The van der Waals surface area contributed by atoms with E-state index < -0.39 is 0 Å². The summed E-state index contributed by atoms with van der Waals surface area (Å²) in [6.45, 7) is 3.90. The van der Waals surface area contributed by atoms with Crippen LogP contribution in [0.3, 0.4) is 0 Å². The quantitative estimate of drug-likeness (QED) is 0.892. The topological polar surface area (TPSA) is 39.1 Å². The van der Waals surface area contributed by atoms with Crippen molar-refractivity contribution in [1.29, 1.82) is 0 Å². The number of aromatic nitrogens is 2. The molecular weight excluding hydrogens is 226 g/mol. The van der Waals surface area contributed by atoms with Gasteiger partial charge in [-0.1, -0.05) is 0 Å². The summed E-state index contributed by atoms with van der Waals surface area (Å²) < 4.78 is 8.17. The second-order valence-corrected chi connectivity index (χ2v) is 5.78. The van der Waals surface area contributed by atoms with Crippen LogP contribution in [0.15, 0.2) is 6.20 Å². The summed E-state index contributed by atoms with van der Waals surface area (Å²) in [5, 5.41) is 7.90. The standard InChI is InChI=1S/C14H23N3O/c1-11-12(9-15-2)10-17(16-11)13-4-7-18-14(8-13)5-3-6-14/h10,13,15H,3-9H2,1-2H3. The van der Waals surface area contributed by atoms with Crippen molar-refractivity contribution >= 4 is 0 Å². The third kappa shape index (κ3) is 2.08. The molecule has 4 nitrogen and oxygen atoms in total. The largest absolute Gasteiger partial charge is 0.375 e. The molecular formula is C14H23N3O. The van der Waals surface area contributed by atoms with Gasteiger partial charge in [-0.05, 0) is 46.1 Å². The van der Waals surface area contributed by atoms with Gasteiger partial charge in [0.25, 0.3) is 0 Å². The lowest BCUT2D eigenvalue weighted by Crippen LogP contribution is -2.46. The van der Waals surface area contributed by atoms with Gasteiger partial charge in [0.05, 0.1) is 17.3 Å². The minimum absolute atomic E-state index is 0.200. The van der Waals surface area contributed by atoms with Crippen LogP contribution >= 0.6 is 0 Å². The van der Waals surface area contributed by atoms with Crippen molar-refractivity contribution in [1.82, 2.24) is 15.1 Å². The highest BCUT2D eigenvalue weighted by Crippen LogP contribution is 2.45. The van der Waals surface area contributed by atoms with Crippen LogP contribution in [0.1, 0.15) is 49.4 Å². The summed E-state index contributed by atoms with van der Waals surface area (Å²) >= 11 is 0. The van der Waals surface area contributed by atoms with Gasteiger partial charge in [-0.25, -0.2) is 0 Å². The number of nitrogens with zero attached hydrogens (tertiary/aromatic N) is 2. The van der Waals surface area contributed by atoms with E-state index in [0.717, 1.165) is 31.7 Å². The highest BCUT2D eigenvalue weighted by molar-refractivity contribution is 5.15. The van der Waals surface area contributed by atoms with Crippen LogP contribution in [0.4, 0.5) is 0 Å². The number of hydrogen-bond acceptors (Lipinski definition) is 3. The first-order valence-electron chi connectivity index (χ1n) is 7.06. The average Bonchev–Trinajstić information content (AvgIpc) is 2.70. The molecule has 1 spiro atoms. The van der Waals surface area contributed by atoms with Gasteiger partial charge in [0.1, 0.15) is 0 Å². The summed E-state index contributed by atoms with van der Waals surface area (Å²) in [6, 6.07) is 0.531. The van der Waals surface area contributed by atoms with E-state index in [1.807, 2.05) is 7.05 Å². The lowest BCUT2D eigenvalue weighted by molar-refractivity contribution is -0.141. The van der Waals surface area contributed by atoms with Gasteiger partial charge in [-0.3, -0.25) is 4.68 Å². The fourth-order valence-corrected chi connectivity index (χ4v) is 3.22. The first-order chi connectivity index (χ1) is 8.72. The van der Waals surface area contributed by atoms with E-state index in [4.69, 9.17) is 9.84 Å². The van der Waals surface area contributed by atoms with Crippen molar-refractivity contribution in [2.75, 3.05) is 13.7 Å². The molecule has 0 aromatic carbocycles. The molecule has 1 aliphatic carbocycles. The van der Waals surface area contributed by atoms with Gasteiger partial charge in [-0.2, -0.15) is 5.10 Å². The number of ether oxygens (including phenoxy) is 1. The molecule has 1 unspecified atom stereocenters. The second kappa shape index (κ2) is 4.67. The Labute approximate surface area is 109 Å². The van der Waals surface area contributed by atoms with E-state index in [-0.39, 0.29) is 5.60 Å². The highest BCUT2D eigenvalue weighted by atomic mass is 16.5. The highest BCUT2D eigenvalue weighted by Gasteiger charge is 2.43. The number of nitrogens with one attached hydrogen (secondary N) is 1. The fourth-order valence-electron chi connectivity index (χ4n) is 3.22. The Balaban J connectivity index is 1.75. The first kappa shape index (κ1) is 12.2. The summed E-state index contributed by atoms with van der Waals surface area (Å²) in [4.78, 5) is 0. The molecule has 0 amide bonds. The number of rotatable bonds is 3. The van der Waals surface area contributed by atoms with E-state index in [1.165, 1.54) is 24.8 Å². The van der Waals surface area contributed by atoms with Gasteiger partial charge in [0.15, 0.2) is 0 Å². The fraction of sp³-hybridized carbons (Fsp3) is 0.786. The average molecular weight is 249 g/mol. The monoisotopic (exact) mass is 249 g/mol. The van der Waals surface area contributed by atoms with Crippen molar-refractivity contribution in [2.24, 2.45) is 0 Å². The second-order valence-electron chi connectivity index (χ2n) is 5.78. The van der Waals surface area contributed by atoms with E-state index in [9.17, 15) is 0 Å². The zero-order chi connectivity index (χ0) is 12.6. The summed E-state index contributed by atoms with van der Waals surface area (Å²) in [5.74, 6) is 0. The summed E-state index contributed by atoms with van der Waals surface area (Å²) in [6.07, 6.45) is 8.28. The molecule has 18 heavy (non-hydrogen) atoms. The van der Waals surface area contributed by atoms with Crippen molar-refractivity contribution < 1.29 is 4.74 Å². The van der Waals surface area contributed by atoms with Gasteiger partial charge in [-0.15, -0.1) is 0 Å². The zero-order valence-corrected chi connectivity index (χ0v) is 11.4. The van der Waals surface area contributed by atoms with E-state index in [1.54, 1.807) is 0 Å². The summed E-state index contributed by atoms with van der Waals surface area (Å²) in [7, 11) is 1.98. The van der Waals surface area contributed by atoms with Crippen molar-refractivity contribution in [2.45, 2.75) is 57.2 Å². The molecule has 1 aromatic rings. The molecule has 4 heteroatoms.